The summed E-state index contributed by atoms with van der Waals surface area (Å²) in [6, 6.07) is 14.0. The number of nitrogens with zero attached hydrogens (tertiary/aromatic N) is 4. The van der Waals surface area contributed by atoms with Crippen molar-refractivity contribution in [2.75, 3.05) is 31.1 Å². The SMILES string of the molecule is O=C(N1CCN(c2ccccn2)CC1)C1(c2cc(-c3ccccc3F)on2)CC1. The van der Waals surface area contributed by atoms with Crippen LogP contribution in [0.5, 0.6) is 0 Å². The Hall–Kier alpha value is -3.22. The fraction of sp³-hybridized carbons (Fsp3) is 0.318. The van der Waals surface area contributed by atoms with Crippen LogP contribution in [0.2, 0.25) is 0 Å². The number of amides is 1. The summed E-state index contributed by atoms with van der Waals surface area (Å²) >= 11 is 0. The van der Waals surface area contributed by atoms with E-state index in [1.807, 2.05) is 23.1 Å². The first kappa shape index (κ1) is 17.8. The summed E-state index contributed by atoms with van der Waals surface area (Å²) in [5.74, 6) is 1.02. The second kappa shape index (κ2) is 6.99. The zero-order valence-corrected chi connectivity index (χ0v) is 15.9. The van der Waals surface area contributed by atoms with E-state index in [1.54, 1.807) is 30.5 Å². The first-order valence-electron chi connectivity index (χ1n) is 9.85. The van der Waals surface area contributed by atoms with Gasteiger partial charge < -0.3 is 14.3 Å². The third-order valence-electron chi connectivity index (χ3n) is 5.84. The summed E-state index contributed by atoms with van der Waals surface area (Å²) in [5, 5.41) is 4.14. The Morgan fingerprint density at radius 1 is 1.03 bits per heavy atom. The summed E-state index contributed by atoms with van der Waals surface area (Å²) in [7, 11) is 0. The molecule has 0 unspecified atom stereocenters. The Morgan fingerprint density at radius 2 is 1.79 bits per heavy atom. The first-order valence-corrected chi connectivity index (χ1v) is 9.85. The molecular weight excluding hydrogens is 371 g/mol. The lowest BCUT2D eigenvalue weighted by Crippen LogP contribution is -2.51. The molecule has 1 saturated carbocycles. The van der Waals surface area contributed by atoms with Gasteiger partial charge in [0.05, 0.1) is 16.7 Å². The minimum absolute atomic E-state index is 0.0894. The molecule has 29 heavy (non-hydrogen) atoms. The fourth-order valence-corrected chi connectivity index (χ4v) is 3.98. The molecule has 3 aromatic rings. The quantitative estimate of drug-likeness (QED) is 0.682. The van der Waals surface area contributed by atoms with Gasteiger partial charge in [0.2, 0.25) is 5.91 Å². The van der Waals surface area contributed by atoms with E-state index in [0.717, 1.165) is 31.7 Å². The Morgan fingerprint density at radius 3 is 2.48 bits per heavy atom. The van der Waals surface area contributed by atoms with E-state index < -0.39 is 5.41 Å². The predicted molar refractivity (Wildman–Crippen MR) is 106 cm³/mol. The Balaban J connectivity index is 1.30. The molecule has 0 bridgehead atoms. The first-order chi connectivity index (χ1) is 14.2. The van der Waals surface area contributed by atoms with Gasteiger partial charge in [-0.25, -0.2) is 9.37 Å². The van der Waals surface area contributed by atoms with Crippen molar-refractivity contribution in [3.63, 3.8) is 0 Å². The molecule has 0 spiro atoms. The Labute approximate surface area is 167 Å². The summed E-state index contributed by atoms with van der Waals surface area (Å²) in [6.07, 6.45) is 3.27. The van der Waals surface area contributed by atoms with E-state index in [4.69, 9.17) is 4.52 Å². The maximum absolute atomic E-state index is 14.1. The molecule has 148 valence electrons. The smallest absolute Gasteiger partial charge is 0.235 e. The molecule has 1 aliphatic heterocycles. The van der Waals surface area contributed by atoms with Gasteiger partial charge in [-0.2, -0.15) is 0 Å². The zero-order valence-electron chi connectivity index (χ0n) is 15.9. The molecule has 1 amide bonds. The van der Waals surface area contributed by atoms with Crippen molar-refractivity contribution < 1.29 is 13.7 Å². The van der Waals surface area contributed by atoms with Gasteiger partial charge >= 0.3 is 0 Å². The molecule has 1 aliphatic carbocycles. The van der Waals surface area contributed by atoms with Crippen molar-refractivity contribution in [1.29, 1.82) is 0 Å². The largest absolute Gasteiger partial charge is 0.356 e. The maximum Gasteiger partial charge on any atom is 0.235 e. The van der Waals surface area contributed by atoms with Gasteiger partial charge in [-0.3, -0.25) is 4.79 Å². The molecule has 1 saturated heterocycles. The van der Waals surface area contributed by atoms with Gasteiger partial charge in [0.1, 0.15) is 11.6 Å². The normalized spacial score (nSPS) is 18.0. The highest BCUT2D eigenvalue weighted by molar-refractivity contribution is 5.91. The number of pyridine rings is 1. The average Bonchev–Trinajstić information content (AvgIpc) is 3.44. The molecule has 0 atom stereocenters. The standard InChI is InChI=1S/C22H21FN4O2/c23-17-6-2-1-5-16(17)18-15-19(25-29-18)22(8-9-22)21(28)27-13-11-26(12-14-27)20-7-3-4-10-24-20/h1-7,10,15H,8-9,11-14H2. The summed E-state index contributed by atoms with van der Waals surface area (Å²) in [6.45, 7) is 2.79. The summed E-state index contributed by atoms with van der Waals surface area (Å²) in [5.41, 5.74) is 0.339. The van der Waals surface area contributed by atoms with Crippen LogP contribution in [-0.4, -0.2) is 47.1 Å². The van der Waals surface area contributed by atoms with Crippen LogP contribution in [-0.2, 0) is 10.2 Å². The number of hydrogen-bond donors (Lipinski definition) is 0. The topological polar surface area (TPSA) is 62.5 Å². The van der Waals surface area contributed by atoms with Gasteiger partial charge in [0.15, 0.2) is 5.76 Å². The minimum atomic E-state index is -0.625. The number of piperazine rings is 1. The lowest BCUT2D eigenvalue weighted by molar-refractivity contribution is -0.134. The van der Waals surface area contributed by atoms with Crippen LogP contribution in [0.25, 0.3) is 11.3 Å². The van der Waals surface area contributed by atoms with E-state index >= 15 is 0 Å². The molecule has 6 nitrogen and oxygen atoms in total. The van der Waals surface area contributed by atoms with Gasteiger partial charge in [0.25, 0.3) is 0 Å². The third-order valence-corrected chi connectivity index (χ3v) is 5.84. The number of carbonyl (C=O) groups excluding carboxylic acids is 1. The van der Waals surface area contributed by atoms with Crippen LogP contribution >= 0.6 is 0 Å². The van der Waals surface area contributed by atoms with Crippen LogP contribution in [0.1, 0.15) is 18.5 Å². The van der Waals surface area contributed by atoms with E-state index in [9.17, 15) is 9.18 Å². The lowest BCUT2D eigenvalue weighted by Gasteiger charge is -2.36. The molecule has 2 aliphatic rings. The molecule has 1 aromatic carbocycles. The van der Waals surface area contributed by atoms with Crippen molar-refractivity contribution in [2.24, 2.45) is 0 Å². The molecule has 3 heterocycles. The van der Waals surface area contributed by atoms with Crippen molar-refractivity contribution in [1.82, 2.24) is 15.0 Å². The van der Waals surface area contributed by atoms with Crippen molar-refractivity contribution in [2.45, 2.75) is 18.3 Å². The second-order valence-corrected chi connectivity index (χ2v) is 7.61. The van der Waals surface area contributed by atoms with Gasteiger partial charge in [-0.15, -0.1) is 0 Å². The molecule has 0 N–H and O–H groups in total. The maximum atomic E-state index is 14.1. The lowest BCUT2D eigenvalue weighted by atomic mass is 9.99. The average molecular weight is 392 g/mol. The predicted octanol–water partition coefficient (Wildman–Crippen LogP) is 3.26. The van der Waals surface area contributed by atoms with Crippen molar-refractivity contribution in [3.8, 4) is 11.3 Å². The molecule has 5 rings (SSSR count). The van der Waals surface area contributed by atoms with E-state index in [1.165, 1.54) is 6.07 Å². The molecule has 7 heteroatoms. The van der Waals surface area contributed by atoms with Crippen LogP contribution in [0.4, 0.5) is 10.2 Å². The second-order valence-electron chi connectivity index (χ2n) is 7.61. The Bertz CT molecular complexity index is 1020. The fourth-order valence-electron chi connectivity index (χ4n) is 3.98. The number of benzene rings is 1. The van der Waals surface area contributed by atoms with Gasteiger partial charge in [0, 0.05) is 38.4 Å². The molecule has 2 fully saturated rings. The van der Waals surface area contributed by atoms with E-state index in [0.29, 0.717) is 30.1 Å². The highest BCUT2D eigenvalue weighted by Gasteiger charge is 2.55. The Kier molecular flexibility index (Phi) is 4.30. The van der Waals surface area contributed by atoms with E-state index in [-0.39, 0.29) is 11.7 Å². The summed E-state index contributed by atoms with van der Waals surface area (Å²) in [4.78, 5) is 21.8. The summed E-state index contributed by atoms with van der Waals surface area (Å²) < 4.78 is 19.4. The minimum Gasteiger partial charge on any atom is -0.356 e. The van der Waals surface area contributed by atoms with Crippen LogP contribution < -0.4 is 4.90 Å². The number of carbonyl (C=O) groups is 1. The van der Waals surface area contributed by atoms with Crippen molar-refractivity contribution in [3.05, 3.63) is 66.2 Å². The van der Waals surface area contributed by atoms with Crippen LogP contribution in [0.15, 0.2) is 59.3 Å². The monoisotopic (exact) mass is 392 g/mol. The van der Waals surface area contributed by atoms with Crippen LogP contribution in [0, 0.1) is 5.82 Å². The van der Waals surface area contributed by atoms with Gasteiger partial charge in [-0.05, 0) is 37.1 Å². The highest BCUT2D eigenvalue weighted by atomic mass is 19.1. The molecule has 2 aromatic heterocycles. The highest BCUT2D eigenvalue weighted by Crippen LogP contribution is 2.50. The van der Waals surface area contributed by atoms with E-state index in [2.05, 4.69) is 15.0 Å². The van der Waals surface area contributed by atoms with Crippen LogP contribution in [0.3, 0.4) is 0 Å². The molecular formula is C22H21FN4O2. The number of aromatic nitrogens is 2. The number of halogens is 1. The zero-order chi connectivity index (χ0) is 19.8. The van der Waals surface area contributed by atoms with Crippen molar-refractivity contribution >= 4 is 11.7 Å². The number of anilines is 1. The third kappa shape index (κ3) is 3.16. The number of rotatable bonds is 4. The number of hydrogen-bond acceptors (Lipinski definition) is 5. The molecule has 0 radical (unpaired) electrons. The van der Waals surface area contributed by atoms with Gasteiger partial charge in [-0.1, -0.05) is 23.4 Å².